The molecule has 3 rings (SSSR count). The zero-order valence-corrected chi connectivity index (χ0v) is 17.2. The Hall–Kier alpha value is -3.16. The molecule has 2 aromatic carbocycles. The van der Waals surface area contributed by atoms with Crippen LogP contribution in [0.1, 0.15) is 25.0 Å². The second kappa shape index (κ2) is 8.89. The van der Waals surface area contributed by atoms with Gasteiger partial charge in [0.25, 0.3) is 5.69 Å². The van der Waals surface area contributed by atoms with Gasteiger partial charge in [-0.15, -0.1) is 0 Å². The molecule has 0 N–H and O–H groups in total. The van der Waals surface area contributed by atoms with Gasteiger partial charge in [0.2, 0.25) is 0 Å². The van der Waals surface area contributed by atoms with E-state index in [1.54, 1.807) is 20.3 Å². The quantitative estimate of drug-likeness (QED) is 0.488. The topological polar surface area (TPSA) is 83.3 Å². The lowest BCUT2D eigenvalue weighted by Crippen LogP contribution is -2.31. The fraction of sp³-hybridized carbons (Fsp3) is 0.429. The van der Waals surface area contributed by atoms with E-state index in [1.807, 2.05) is 30.9 Å². The van der Waals surface area contributed by atoms with E-state index in [0.29, 0.717) is 55.0 Å². The lowest BCUT2D eigenvalue weighted by Gasteiger charge is -2.31. The maximum absolute atomic E-state index is 11.8. The van der Waals surface area contributed by atoms with Crippen LogP contribution in [0.3, 0.4) is 0 Å². The van der Waals surface area contributed by atoms with Gasteiger partial charge < -0.3 is 23.8 Å². The maximum Gasteiger partial charge on any atom is 0.296 e. The Labute approximate surface area is 170 Å². The molecule has 29 heavy (non-hydrogen) atoms. The predicted molar refractivity (Wildman–Crippen MR) is 110 cm³/mol. The van der Waals surface area contributed by atoms with Gasteiger partial charge in [-0.1, -0.05) is 0 Å². The number of fused-ring (bicyclic) bond motifs is 1. The Morgan fingerprint density at radius 1 is 0.931 bits per heavy atom. The number of nitro groups is 1. The fourth-order valence-electron chi connectivity index (χ4n) is 3.56. The number of hydrogen-bond acceptors (Lipinski definition) is 7. The highest BCUT2D eigenvalue weighted by atomic mass is 16.6. The zero-order valence-electron chi connectivity index (χ0n) is 17.2. The molecule has 0 spiro atoms. The van der Waals surface area contributed by atoms with Crippen LogP contribution in [-0.2, 0) is 13.0 Å². The number of benzene rings is 2. The molecule has 1 aliphatic rings. The first-order valence-corrected chi connectivity index (χ1v) is 9.59. The van der Waals surface area contributed by atoms with Crippen molar-refractivity contribution in [1.82, 2.24) is 0 Å². The first-order chi connectivity index (χ1) is 14.0. The second-order valence-corrected chi connectivity index (χ2v) is 6.56. The van der Waals surface area contributed by atoms with E-state index in [9.17, 15) is 10.1 Å². The van der Waals surface area contributed by atoms with E-state index in [-0.39, 0.29) is 10.6 Å². The number of rotatable bonds is 8. The van der Waals surface area contributed by atoms with Crippen molar-refractivity contribution in [1.29, 1.82) is 0 Å². The molecule has 0 saturated heterocycles. The Morgan fingerprint density at radius 2 is 1.52 bits per heavy atom. The highest BCUT2D eigenvalue weighted by Crippen LogP contribution is 2.42. The summed E-state index contributed by atoms with van der Waals surface area (Å²) in [7, 11) is 3.20. The van der Waals surface area contributed by atoms with Crippen molar-refractivity contribution in [3.63, 3.8) is 0 Å². The highest BCUT2D eigenvalue weighted by Gasteiger charge is 2.27. The molecule has 0 radical (unpaired) electrons. The molecule has 156 valence electrons. The van der Waals surface area contributed by atoms with E-state index in [2.05, 4.69) is 0 Å². The van der Waals surface area contributed by atoms with Crippen molar-refractivity contribution < 1.29 is 23.9 Å². The van der Waals surface area contributed by atoms with Crippen LogP contribution in [0.25, 0.3) is 0 Å². The Bertz CT molecular complexity index is 899. The van der Waals surface area contributed by atoms with Crippen LogP contribution < -0.4 is 23.8 Å². The van der Waals surface area contributed by atoms with Gasteiger partial charge >= 0.3 is 0 Å². The Kier molecular flexibility index (Phi) is 6.31. The van der Waals surface area contributed by atoms with E-state index in [4.69, 9.17) is 18.9 Å². The summed E-state index contributed by atoms with van der Waals surface area (Å²) in [6.07, 6.45) is 0.740. The van der Waals surface area contributed by atoms with Gasteiger partial charge in [0.05, 0.1) is 38.4 Å². The minimum atomic E-state index is -0.377. The summed E-state index contributed by atoms with van der Waals surface area (Å²) < 4.78 is 22.0. The summed E-state index contributed by atoms with van der Waals surface area (Å²) in [4.78, 5) is 13.4. The molecule has 0 amide bonds. The molecule has 0 atom stereocenters. The third-order valence-electron chi connectivity index (χ3n) is 4.90. The second-order valence-electron chi connectivity index (χ2n) is 6.56. The maximum atomic E-state index is 11.8. The number of nitrogens with zero attached hydrogens (tertiary/aromatic N) is 2. The molecule has 0 fully saturated rings. The van der Waals surface area contributed by atoms with Crippen molar-refractivity contribution in [3.8, 4) is 23.0 Å². The van der Waals surface area contributed by atoms with Gasteiger partial charge in [-0.25, -0.2) is 0 Å². The molecular formula is C21H26N2O6. The normalized spacial score (nSPS) is 12.9. The zero-order chi connectivity index (χ0) is 21.0. The van der Waals surface area contributed by atoms with Gasteiger partial charge in [-0.3, -0.25) is 10.1 Å². The third kappa shape index (κ3) is 4.16. The van der Waals surface area contributed by atoms with Gasteiger partial charge in [0.1, 0.15) is 5.69 Å². The molecular weight excluding hydrogens is 376 g/mol. The monoisotopic (exact) mass is 402 g/mol. The lowest BCUT2D eigenvalue weighted by molar-refractivity contribution is -0.384. The van der Waals surface area contributed by atoms with Crippen LogP contribution in [0.5, 0.6) is 23.0 Å². The fourth-order valence-corrected chi connectivity index (χ4v) is 3.56. The molecule has 0 unspecified atom stereocenters. The van der Waals surface area contributed by atoms with Crippen molar-refractivity contribution >= 4 is 11.4 Å². The van der Waals surface area contributed by atoms with Crippen molar-refractivity contribution in [2.45, 2.75) is 26.8 Å². The molecule has 8 nitrogen and oxygen atoms in total. The van der Waals surface area contributed by atoms with Crippen molar-refractivity contribution in [2.75, 3.05) is 38.9 Å². The Balaban J connectivity index is 2.02. The first-order valence-electron chi connectivity index (χ1n) is 9.59. The average molecular weight is 402 g/mol. The van der Waals surface area contributed by atoms with E-state index >= 15 is 0 Å². The minimum Gasteiger partial charge on any atom is -0.493 e. The van der Waals surface area contributed by atoms with E-state index in [0.717, 1.165) is 17.5 Å². The molecule has 1 heterocycles. The highest BCUT2D eigenvalue weighted by molar-refractivity contribution is 5.70. The predicted octanol–water partition coefficient (Wildman–Crippen LogP) is 3.97. The molecule has 0 saturated carbocycles. The third-order valence-corrected chi connectivity index (χ3v) is 4.90. The summed E-state index contributed by atoms with van der Waals surface area (Å²) in [6, 6.07) is 7.07. The van der Waals surface area contributed by atoms with Crippen LogP contribution in [0.15, 0.2) is 24.3 Å². The number of anilines is 1. The van der Waals surface area contributed by atoms with E-state index in [1.165, 1.54) is 6.07 Å². The van der Waals surface area contributed by atoms with E-state index < -0.39 is 0 Å². The SMILES string of the molecule is CCOc1cc(N2CCc3cc(OC)c(OC)cc3C2)c([N+](=O)[O-])cc1OCC. The van der Waals surface area contributed by atoms with Crippen LogP contribution in [0.4, 0.5) is 11.4 Å². The summed E-state index contributed by atoms with van der Waals surface area (Å²) >= 11 is 0. The van der Waals surface area contributed by atoms with Crippen molar-refractivity contribution in [2.24, 2.45) is 0 Å². The van der Waals surface area contributed by atoms with Gasteiger partial charge in [-0.2, -0.15) is 0 Å². The van der Waals surface area contributed by atoms with Crippen LogP contribution in [0, 0.1) is 10.1 Å². The summed E-state index contributed by atoms with van der Waals surface area (Å²) in [5.74, 6) is 2.22. The van der Waals surface area contributed by atoms with Gasteiger partial charge in [0.15, 0.2) is 23.0 Å². The minimum absolute atomic E-state index is 0.000768. The first kappa shape index (κ1) is 20.6. The summed E-state index contributed by atoms with van der Waals surface area (Å²) in [6.45, 7) is 5.71. The Morgan fingerprint density at radius 3 is 2.07 bits per heavy atom. The number of hydrogen-bond donors (Lipinski definition) is 0. The molecule has 0 aliphatic carbocycles. The van der Waals surface area contributed by atoms with Crippen LogP contribution in [-0.4, -0.2) is 38.9 Å². The van der Waals surface area contributed by atoms with Gasteiger partial charge in [-0.05, 0) is 43.5 Å². The van der Waals surface area contributed by atoms with Crippen molar-refractivity contribution in [3.05, 3.63) is 45.5 Å². The number of ether oxygens (including phenoxy) is 4. The number of methoxy groups -OCH3 is 2. The molecule has 0 aromatic heterocycles. The standard InChI is InChI=1S/C21H26N2O6/c1-5-28-20-11-16(17(23(24)25)12-21(20)29-6-2)22-8-7-14-9-18(26-3)19(27-4)10-15(14)13-22/h9-12H,5-8,13H2,1-4H3. The lowest BCUT2D eigenvalue weighted by atomic mass is 9.98. The van der Waals surface area contributed by atoms with Gasteiger partial charge in [0, 0.05) is 19.2 Å². The molecule has 8 heteroatoms. The summed E-state index contributed by atoms with van der Waals surface area (Å²) in [5, 5.41) is 11.8. The summed E-state index contributed by atoms with van der Waals surface area (Å²) in [5.41, 5.74) is 2.72. The molecule has 0 bridgehead atoms. The van der Waals surface area contributed by atoms with Crippen LogP contribution in [0.2, 0.25) is 0 Å². The molecule has 1 aliphatic heterocycles. The smallest absolute Gasteiger partial charge is 0.296 e. The number of nitro benzene ring substituents is 1. The van der Waals surface area contributed by atoms with Crippen LogP contribution >= 0.6 is 0 Å². The average Bonchev–Trinajstić information content (AvgIpc) is 2.73. The molecule has 2 aromatic rings. The largest absolute Gasteiger partial charge is 0.493 e.